The number of nitrogens with one attached hydrogen (secondary N) is 1. The van der Waals surface area contributed by atoms with Gasteiger partial charge in [0.05, 0.1) is 0 Å². The summed E-state index contributed by atoms with van der Waals surface area (Å²) in [5.41, 5.74) is 0. The van der Waals surface area contributed by atoms with Crippen molar-refractivity contribution >= 4 is 0 Å². The quantitative estimate of drug-likeness (QED) is 0.869. The zero-order chi connectivity index (χ0) is 12.3. The number of likely N-dealkylation sites (N-methyl/N-ethyl adjacent to an activating group) is 1. The third-order valence-corrected chi connectivity index (χ3v) is 3.08. The molecule has 17 heavy (non-hydrogen) atoms. The lowest BCUT2D eigenvalue weighted by Gasteiger charge is -2.32. The van der Waals surface area contributed by atoms with Gasteiger partial charge >= 0.3 is 0 Å². The van der Waals surface area contributed by atoms with Gasteiger partial charge in [-0.2, -0.15) is 0 Å². The molecule has 3 heteroatoms. The molecule has 0 amide bonds. The van der Waals surface area contributed by atoms with Crippen LogP contribution in [0.4, 0.5) is 0 Å². The van der Waals surface area contributed by atoms with Crippen molar-refractivity contribution in [3.8, 4) is 11.5 Å². The molecule has 0 aliphatic carbocycles. The molecule has 1 aromatic rings. The third-order valence-electron chi connectivity index (χ3n) is 3.08. The minimum atomic E-state index is 0.0947. The van der Waals surface area contributed by atoms with E-state index < -0.39 is 0 Å². The second-order valence-electron chi connectivity index (χ2n) is 4.94. The first-order chi connectivity index (χ1) is 8.20. The van der Waals surface area contributed by atoms with Gasteiger partial charge in [0, 0.05) is 6.04 Å². The summed E-state index contributed by atoms with van der Waals surface area (Å²) in [6, 6.07) is 8.18. The van der Waals surface area contributed by atoms with Gasteiger partial charge in [-0.15, -0.1) is 0 Å². The van der Waals surface area contributed by atoms with Crippen LogP contribution in [-0.4, -0.2) is 25.8 Å². The van der Waals surface area contributed by atoms with Gasteiger partial charge in [-0.3, -0.25) is 0 Å². The van der Waals surface area contributed by atoms with Crippen LogP contribution in [0.2, 0.25) is 0 Å². The Hall–Kier alpha value is -1.22. The van der Waals surface area contributed by atoms with Crippen molar-refractivity contribution in [1.29, 1.82) is 0 Å². The lowest BCUT2D eigenvalue weighted by atomic mass is 9.99. The topological polar surface area (TPSA) is 30.5 Å². The number of para-hydroxylation sites is 2. The molecule has 1 heterocycles. The van der Waals surface area contributed by atoms with Crippen molar-refractivity contribution in [3.05, 3.63) is 24.3 Å². The minimum absolute atomic E-state index is 0.0947. The molecule has 0 spiro atoms. The molecule has 0 saturated heterocycles. The average Bonchev–Trinajstić information content (AvgIpc) is 2.35. The van der Waals surface area contributed by atoms with E-state index in [1.165, 1.54) is 0 Å². The molecule has 0 bridgehead atoms. The second kappa shape index (κ2) is 5.41. The Bertz CT molecular complexity index is 365. The Morgan fingerprint density at radius 1 is 1.29 bits per heavy atom. The Morgan fingerprint density at radius 3 is 2.65 bits per heavy atom. The number of benzene rings is 1. The molecule has 94 valence electrons. The molecule has 1 aliphatic rings. The summed E-state index contributed by atoms with van der Waals surface area (Å²) in [5, 5.41) is 3.33. The maximum Gasteiger partial charge on any atom is 0.161 e. The SMILES string of the molecule is CNC(CC(C)C)C1COc2ccccc2O1. The lowest BCUT2D eigenvalue weighted by Crippen LogP contribution is -2.47. The molecule has 3 nitrogen and oxygen atoms in total. The highest BCUT2D eigenvalue weighted by atomic mass is 16.6. The molecular weight excluding hydrogens is 214 g/mol. The monoisotopic (exact) mass is 235 g/mol. The fourth-order valence-corrected chi connectivity index (χ4v) is 2.20. The molecule has 2 atom stereocenters. The lowest BCUT2D eigenvalue weighted by molar-refractivity contribution is 0.0582. The zero-order valence-corrected chi connectivity index (χ0v) is 10.8. The molecule has 1 aromatic carbocycles. The normalized spacial score (nSPS) is 20.4. The van der Waals surface area contributed by atoms with E-state index in [2.05, 4.69) is 19.2 Å². The van der Waals surface area contributed by atoms with Crippen molar-refractivity contribution in [2.75, 3.05) is 13.7 Å². The van der Waals surface area contributed by atoms with Crippen molar-refractivity contribution in [3.63, 3.8) is 0 Å². The van der Waals surface area contributed by atoms with Crippen molar-refractivity contribution in [2.45, 2.75) is 32.4 Å². The van der Waals surface area contributed by atoms with E-state index in [9.17, 15) is 0 Å². The van der Waals surface area contributed by atoms with Gasteiger partial charge in [0.15, 0.2) is 11.5 Å². The van der Waals surface area contributed by atoms with Gasteiger partial charge in [-0.05, 0) is 31.5 Å². The van der Waals surface area contributed by atoms with Gasteiger partial charge in [-0.25, -0.2) is 0 Å². The van der Waals surface area contributed by atoms with E-state index in [4.69, 9.17) is 9.47 Å². The van der Waals surface area contributed by atoms with E-state index in [0.717, 1.165) is 17.9 Å². The zero-order valence-electron chi connectivity index (χ0n) is 10.8. The van der Waals surface area contributed by atoms with E-state index in [-0.39, 0.29) is 6.10 Å². The number of rotatable bonds is 4. The maximum absolute atomic E-state index is 6.00. The van der Waals surface area contributed by atoms with Gasteiger partial charge in [0.2, 0.25) is 0 Å². The van der Waals surface area contributed by atoms with Crippen LogP contribution in [0.1, 0.15) is 20.3 Å². The number of ether oxygens (including phenoxy) is 2. The summed E-state index contributed by atoms with van der Waals surface area (Å²) in [5.74, 6) is 2.35. The number of hydrogen-bond donors (Lipinski definition) is 1. The van der Waals surface area contributed by atoms with Crippen LogP contribution in [0.5, 0.6) is 11.5 Å². The van der Waals surface area contributed by atoms with Crippen LogP contribution in [0.15, 0.2) is 24.3 Å². The second-order valence-corrected chi connectivity index (χ2v) is 4.94. The summed E-state index contributed by atoms with van der Waals surface area (Å²) < 4.78 is 11.7. The summed E-state index contributed by atoms with van der Waals surface area (Å²) in [7, 11) is 1.98. The van der Waals surface area contributed by atoms with Crippen LogP contribution in [0.3, 0.4) is 0 Å². The summed E-state index contributed by atoms with van der Waals surface area (Å²) in [6.45, 7) is 5.07. The van der Waals surface area contributed by atoms with Gasteiger partial charge in [-0.1, -0.05) is 26.0 Å². The average molecular weight is 235 g/mol. The van der Waals surface area contributed by atoms with Crippen molar-refractivity contribution < 1.29 is 9.47 Å². The molecular formula is C14H21NO2. The maximum atomic E-state index is 6.00. The fourth-order valence-electron chi connectivity index (χ4n) is 2.20. The van der Waals surface area contributed by atoms with Crippen LogP contribution < -0.4 is 14.8 Å². The molecule has 1 N–H and O–H groups in total. The van der Waals surface area contributed by atoms with Crippen LogP contribution in [-0.2, 0) is 0 Å². The van der Waals surface area contributed by atoms with Crippen LogP contribution >= 0.6 is 0 Å². The predicted molar refractivity (Wildman–Crippen MR) is 68.7 cm³/mol. The first-order valence-corrected chi connectivity index (χ1v) is 6.26. The van der Waals surface area contributed by atoms with E-state index in [1.54, 1.807) is 0 Å². The smallest absolute Gasteiger partial charge is 0.161 e. The highest BCUT2D eigenvalue weighted by Gasteiger charge is 2.28. The Kier molecular flexibility index (Phi) is 3.89. The van der Waals surface area contributed by atoms with Gasteiger partial charge < -0.3 is 14.8 Å². The predicted octanol–water partition coefficient (Wildman–Crippen LogP) is 2.46. The largest absolute Gasteiger partial charge is 0.486 e. The van der Waals surface area contributed by atoms with E-state index in [1.807, 2.05) is 31.3 Å². The van der Waals surface area contributed by atoms with Crippen LogP contribution in [0.25, 0.3) is 0 Å². The molecule has 0 radical (unpaired) electrons. The highest BCUT2D eigenvalue weighted by Crippen LogP contribution is 2.32. The molecule has 2 unspecified atom stereocenters. The van der Waals surface area contributed by atoms with Crippen molar-refractivity contribution in [1.82, 2.24) is 5.32 Å². The summed E-state index contributed by atoms with van der Waals surface area (Å²) in [6.07, 6.45) is 1.18. The molecule has 0 aromatic heterocycles. The van der Waals surface area contributed by atoms with Gasteiger partial charge in [0.1, 0.15) is 12.7 Å². The fraction of sp³-hybridized carbons (Fsp3) is 0.571. The van der Waals surface area contributed by atoms with Crippen LogP contribution in [0, 0.1) is 5.92 Å². The van der Waals surface area contributed by atoms with Gasteiger partial charge in [0.25, 0.3) is 0 Å². The first-order valence-electron chi connectivity index (χ1n) is 6.26. The number of fused-ring (bicyclic) bond motifs is 1. The highest BCUT2D eigenvalue weighted by molar-refractivity contribution is 5.40. The van der Waals surface area contributed by atoms with E-state index in [0.29, 0.717) is 18.6 Å². The van der Waals surface area contributed by atoms with E-state index >= 15 is 0 Å². The molecule has 1 aliphatic heterocycles. The standard InChI is InChI=1S/C14H21NO2/c1-10(2)8-11(15-3)14-9-16-12-6-4-5-7-13(12)17-14/h4-7,10-11,14-15H,8-9H2,1-3H3. The molecule has 0 saturated carbocycles. The Labute approximate surface area is 103 Å². The summed E-state index contributed by atoms with van der Waals surface area (Å²) in [4.78, 5) is 0. The summed E-state index contributed by atoms with van der Waals surface area (Å²) >= 11 is 0. The Morgan fingerprint density at radius 2 is 2.00 bits per heavy atom. The number of hydrogen-bond acceptors (Lipinski definition) is 3. The molecule has 0 fully saturated rings. The molecule has 2 rings (SSSR count). The van der Waals surface area contributed by atoms with Crippen molar-refractivity contribution in [2.24, 2.45) is 5.92 Å². The Balaban J connectivity index is 2.05. The first kappa shape index (κ1) is 12.2. The third kappa shape index (κ3) is 2.91. The minimum Gasteiger partial charge on any atom is -0.486 e.